The Morgan fingerprint density at radius 2 is 1.71 bits per heavy atom. The Morgan fingerprint density at radius 1 is 1.00 bits per heavy atom. The molecular weight excluding hydrogens is 444 g/mol. The summed E-state index contributed by atoms with van der Waals surface area (Å²) < 4.78 is 15.5. The van der Waals surface area contributed by atoms with Crippen molar-refractivity contribution in [2.24, 2.45) is 0 Å². The van der Waals surface area contributed by atoms with Gasteiger partial charge in [-0.15, -0.1) is 0 Å². The van der Waals surface area contributed by atoms with E-state index in [1.54, 1.807) is 6.07 Å². The van der Waals surface area contributed by atoms with Crippen molar-refractivity contribution in [3.63, 3.8) is 0 Å². The lowest BCUT2D eigenvalue weighted by atomic mass is 10.1. The lowest BCUT2D eigenvalue weighted by Crippen LogP contribution is -2.42. The summed E-state index contributed by atoms with van der Waals surface area (Å²) in [5, 5.41) is 22.2. The number of ether oxygens (including phenoxy) is 3. The molecule has 0 spiro atoms. The van der Waals surface area contributed by atoms with E-state index in [0.29, 0.717) is 30.9 Å². The number of hydrogen-bond acceptors (Lipinski definition) is 7. The number of hydrogen-bond donors (Lipinski definition) is 3. The lowest BCUT2D eigenvalue weighted by molar-refractivity contribution is -0.137. The first kappa shape index (κ1) is 26.5. The Hall–Kier alpha value is -3.79. The largest absolute Gasteiger partial charge is 0.493 e. The maximum Gasteiger partial charge on any atom is 0.407 e. The molecule has 0 saturated carbocycles. The maximum absolute atomic E-state index is 12.8. The van der Waals surface area contributed by atoms with Crippen LogP contribution in [0.1, 0.15) is 24.8 Å². The van der Waals surface area contributed by atoms with E-state index in [-0.39, 0.29) is 18.7 Å². The summed E-state index contributed by atoms with van der Waals surface area (Å²) in [6, 6.07) is 13.8. The van der Waals surface area contributed by atoms with Gasteiger partial charge in [0, 0.05) is 18.3 Å². The first-order valence-electron chi connectivity index (χ1n) is 10.7. The third kappa shape index (κ3) is 8.28. The van der Waals surface area contributed by atoms with E-state index in [4.69, 9.17) is 14.2 Å². The van der Waals surface area contributed by atoms with Gasteiger partial charge in [0.2, 0.25) is 0 Å². The summed E-state index contributed by atoms with van der Waals surface area (Å²) in [6.07, 6.45) is -0.930. The number of carbonyl (C=O) groups excluding carboxylic acids is 2. The van der Waals surface area contributed by atoms with Gasteiger partial charge in [-0.25, -0.2) is 4.79 Å². The minimum atomic E-state index is -1.41. The van der Waals surface area contributed by atoms with E-state index in [1.165, 1.54) is 26.4 Å². The molecular formula is C24H30N2O8. The second-order valence-corrected chi connectivity index (χ2v) is 7.36. The number of rotatable bonds is 13. The first-order valence-corrected chi connectivity index (χ1v) is 10.7. The van der Waals surface area contributed by atoms with Gasteiger partial charge in [-0.3, -0.25) is 14.5 Å². The van der Waals surface area contributed by atoms with Gasteiger partial charge >= 0.3 is 12.1 Å². The fourth-order valence-electron chi connectivity index (χ4n) is 3.16. The number of nitrogens with zero attached hydrogens (tertiary/aromatic N) is 1. The van der Waals surface area contributed by atoms with Crippen molar-refractivity contribution in [3.05, 3.63) is 54.1 Å². The summed E-state index contributed by atoms with van der Waals surface area (Å²) in [6.45, 7) is -0.154. The summed E-state index contributed by atoms with van der Waals surface area (Å²) >= 11 is 0. The van der Waals surface area contributed by atoms with E-state index in [9.17, 15) is 24.6 Å². The molecule has 2 aromatic rings. The minimum Gasteiger partial charge on any atom is -0.493 e. The van der Waals surface area contributed by atoms with Gasteiger partial charge in [-0.2, -0.15) is 0 Å². The van der Waals surface area contributed by atoms with Crippen LogP contribution in [-0.4, -0.2) is 61.6 Å². The number of carboxylic acids is 1. The number of alkyl carbamates (subject to hydrolysis) is 1. The van der Waals surface area contributed by atoms with E-state index >= 15 is 0 Å². The van der Waals surface area contributed by atoms with Crippen LogP contribution in [0, 0.1) is 0 Å². The van der Waals surface area contributed by atoms with Crippen LogP contribution >= 0.6 is 0 Å². The van der Waals surface area contributed by atoms with Crippen molar-refractivity contribution in [3.8, 4) is 11.5 Å². The molecule has 0 fully saturated rings. The van der Waals surface area contributed by atoms with E-state index in [1.807, 2.05) is 30.3 Å². The highest BCUT2D eigenvalue weighted by Crippen LogP contribution is 2.31. The zero-order valence-electron chi connectivity index (χ0n) is 19.2. The summed E-state index contributed by atoms with van der Waals surface area (Å²) in [5.41, 5.74) is 1.13. The van der Waals surface area contributed by atoms with Crippen LogP contribution in [0.3, 0.4) is 0 Å². The Bertz CT molecular complexity index is 951. The van der Waals surface area contributed by atoms with E-state index in [0.717, 1.165) is 10.5 Å². The number of methoxy groups -OCH3 is 2. The van der Waals surface area contributed by atoms with Crippen LogP contribution < -0.4 is 19.7 Å². The number of aliphatic hydroxyl groups is 1. The van der Waals surface area contributed by atoms with Gasteiger partial charge in [0.1, 0.15) is 19.3 Å². The van der Waals surface area contributed by atoms with Crippen molar-refractivity contribution in [1.29, 1.82) is 0 Å². The van der Waals surface area contributed by atoms with Crippen molar-refractivity contribution < 1.29 is 38.8 Å². The Balaban J connectivity index is 1.82. The number of carbonyl (C=O) groups is 3. The molecule has 10 heteroatoms. The van der Waals surface area contributed by atoms with Gasteiger partial charge in [0.05, 0.1) is 14.2 Å². The fraction of sp³-hybridized carbons (Fsp3) is 0.375. The Kier molecular flexibility index (Phi) is 10.7. The molecule has 0 saturated heterocycles. The highest BCUT2D eigenvalue weighted by molar-refractivity contribution is 6.00. The fourth-order valence-corrected chi connectivity index (χ4v) is 3.16. The first-order chi connectivity index (χ1) is 16.3. The molecule has 1 atom stereocenters. The molecule has 2 rings (SSSR count). The van der Waals surface area contributed by atoms with E-state index < -0.39 is 30.6 Å². The molecule has 0 aromatic heterocycles. The van der Waals surface area contributed by atoms with Crippen LogP contribution in [-0.2, 0) is 20.9 Å². The minimum absolute atomic E-state index is 0.100. The van der Waals surface area contributed by atoms with Crippen molar-refractivity contribution in [2.75, 3.05) is 32.2 Å². The van der Waals surface area contributed by atoms with Crippen LogP contribution in [0.5, 0.6) is 11.5 Å². The average molecular weight is 475 g/mol. The smallest absolute Gasteiger partial charge is 0.407 e. The highest BCUT2D eigenvalue weighted by atomic mass is 16.5. The molecule has 2 amide bonds. The molecule has 0 heterocycles. The monoisotopic (exact) mass is 474 g/mol. The van der Waals surface area contributed by atoms with Gasteiger partial charge in [0.15, 0.2) is 11.5 Å². The van der Waals surface area contributed by atoms with Gasteiger partial charge in [0.25, 0.3) is 5.91 Å². The SMILES string of the molecule is COc1ccc(N(CC(=O)O)C(=O)[C@@H](O)CCCCNC(=O)OCc2ccccc2)cc1OC. The number of amides is 2. The number of benzene rings is 2. The number of aliphatic carboxylic acids is 1. The van der Waals surface area contributed by atoms with Crippen LogP contribution in [0.25, 0.3) is 0 Å². The molecule has 0 radical (unpaired) electrons. The standard InChI is InChI=1S/C24H30N2O8/c1-32-20-12-11-18(14-21(20)33-2)26(15-22(28)29)23(30)19(27)10-6-7-13-25-24(31)34-16-17-8-4-3-5-9-17/h3-5,8-9,11-12,14,19,27H,6-7,10,13,15-16H2,1-2H3,(H,25,31)(H,28,29)/t19-/m0/s1. The topological polar surface area (TPSA) is 135 Å². The summed E-state index contributed by atoms with van der Waals surface area (Å²) in [7, 11) is 2.88. The average Bonchev–Trinajstić information content (AvgIpc) is 2.85. The van der Waals surface area contributed by atoms with Gasteiger partial charge in [-0.05, 0) is 37.0 Å². The van der Waals surface area contributed by atoms with Gasteiger partial charge < -0.3 is 29.7 Å². The second kappa shape index (κ2) is 13.7. The highest BCUT2D eigenvalue weighted by Gasteiger charge is 2.26. The van der Waals surface area contributed by atoms with E-state index in [2.05, 4.69) is 5.32 Å². The third-order valence-corrected chi connectivity index (χ3v) is 4.91. The molecule has 184 valence electrons. The van der Waals surface area contributed by atoms with Crippen LogP contribution in [0.2, 0.25) is 0 Å². The number of unbranched alkanes of at least 4 members (excludes halogenated alkanes) is 1. The molecule has 0 unspecified atom stereocenters. The van der Waals surface area contributed by atoms with Gasteiger partial charge in [-0.1, -0.05) is 30.3 Å². The summed E-state index contributed by atoms with van der Waals surface area (Å²) in [5.74, 6) is -1.23. The maximum atomic E-state index is 12.8. The number of anilines is 1. The lowest BCUT2D eigenvalue weighted by Gasteiger charge is -2.24. The molecule has 3 N–H and O–H groups in total. The molecule has 0 aliphatic rings. The zero-order valence-corrected chi connectivity index (χ0v) is 19.2. The Morgan fingerprint density at radius 3 is 2.35 bits per heavy atom. The normalized spacial score (nSPS) is 11.3. The molecule has 34 heavy (non-hydrogen) atoms. The van der Waals surface area contributed by atoms with Crippen molar-refractivity contribution >= 4 is 23.7 Å². The molecule has 0 bridgehead atoms. The summed E-state index contributed by atoms with van der Waals surface area (Å²) in [4.78, 5) is 36.8. The number of nitrogens with one attached hydrogen (secondary N) is 1. The molecule has 0 aliphatic carbocycles. The molecule has 0 aliphatic heterocycles. The number of carboxylic acid groups (broad SMARTS) is 1. The molecule has 10 nitrogen and oxygen atoms in total. The third-order valence-electron chi connectivity index (χ3n) is 4.91. The predicted molar refractivity (Wildman–Crippen MR) is 124 cm³/mol. The number of aliphatic hydroxyl groups excluding tert-OH is 1. The zero-order chi connectivity index (χ0) is 24.9. The predicted octanol–water partition coefficient (Wildman–Crippen LogP) is 2.58. The Labute approximate surface area is 198 Å². The van der Waals surface area contributed by atoms with Crippen molar-refractivity contribution in [1.82, 2.24) is 5.32 Å². The molecule has 2 aromatic carbocycles. The van der Waals surface area contributed by atoms with Crippen LogP contribution in [0.15, 0.2) is 48.5 Å². The quantitative estimate of drug-likeness (QED) is 0.377. The second-order valence-electron chi connectivity index (χ2n) is 7.36. The van der Waals surface area contributed by atoms with Crippen molar-refractivity contribution in [2.45, 2.75) is 32.0 Å². The van der Waals surface area contributed by atoms with Crippen LogP contribution in [0.4, 0.5) is 10.5 Å².